The molecule has 1 aromatic carbocycles. The molecule has 3 rings (SSSR count). The molecule has 0 aromatic heterocycles. The van der Waals surface area contributed by atoms with Crippen LogP contribution in [0.3, 0.4) is 0 Å². The van der Waals surface area contributed by atoms with E-state index in [4.69, 9.17) is 0 Å². The number of rotatable bonds is 2. The largest absolute Gasteiger partial charge is 0.390 e. The van der Waals surface area contributed by atoms with E-state index in [2.05, 4.69) is 5.32 Å². The number of urea groups is 1. The number of anilines is 1. The summed E-state index contributed by atoms with van der Waals surface area (Å²) in [4.78, 5) is 15.9. The fraction of sp³-hybridized carbons (Fsp3) is 0.533. The van der Waals surface area contributed by atoms with E-state index in [1.54, 1.807) is 4.90 Å². The second kappa shape index (κ2) is 6.46. The van der Waals surface area contributed by atoms with Gasteiger partial charge in [-0.2, -0.15) is 0 Å². The number of hydrogen-bond donors (Lipinski definition) is 2. The summed E-state index contributed by atoms with van der Waals surface area (Å²) in [6.07, 6.45) is -0.829. The Labute approximate surface area is 135 Å². The number of sulfone groups is 1. The van der Waals surface area contributed by atoms with Gasteiger partial charge in [0.15, 0.2) is 9.84 Å². The second-order valence-electron chi connectivity index (χ2n) is 6.03. The van der Waals surface area contributed by atoms with Crippen LogP contribution in [0, 0.1) is 0 Å². The number of aliphatic hydroxyl groups is 1. The lowest BCUT2D eigenvalue weighted by atomic mass is 10.1. The van der Waals surface area contributed by atoms with Crippen LogP contribution in [-0.4, -0.2) is 79.2 Å². The molecule has 7 nitrogen and oxygen atoms in total. The first-order chi connectivity index (χ1) is 10.9. The van der Waals surface area contributed by atoms with Crippen molar-refractivity contribution in [3.8, 4) is 0 Å². The Morgan fingerprint density at radius 2 is 1.74 bits per heavy atom. The Morgan fingerprint density at radius 1 is 1.09 bits per heavy atom. The summed E-state index contributed by atoms with van der Waals surface area (Å²) in [5.41, 5.74) is 0.747. The van der Waals surface area contributed by atoms with Gasteiger partial charge in [-0.1, -0.05) is 18.2 Å². The first-order valence-corrected chi connectivity index (χ1v) is 9.50. The normalized spacial score (nSPS) is 27.8. The lowest BCUT2D eigenvalue weighted by Crippen LogP contribution is -2.55. The molecule has 2 amide bonds. The van der Waals surface area contributed by atoms with Gasteiger partial charge in [0.25, 0.3) is 0 Å². The van der Waals surface area contributed by atoms with Crippen molar-refractivity contribution >= 4 is 21.6 Å². The molecule has 2 N–H and O–H groups in total. The van der Waals surface area contributed by atoms with Gasteiger partial charge in [-0.3, -0.25) is 4.90 Å². The molecule has 0 spiro atoms. The molecule has 2 aliphatic heterocycles. The molecule has 2 aliphatic rings. The van der Waals surface area contributed by atoms with Crippen LogP contribution in [0.5, 0.6) is 0 Å². The molecule has 0 bridgehead atoms. The van der Waals surface area contributed by atoms with E-state index in [9.17, 15) is 18.3 Å². The highest BCUT2D eigenvalue weighted by atomic mass is 32.2. The van der Waals surface area contributed by atoms with Crippen LogP contribution in [0.15, 0.2) is 30.3 Å². The maximum Gasteiger partial charge on any atom is 0.321 e. The lowest BCUT2D eigenvalue weighted by molar-refractivity contribution is 0.0545. The van der Waals surface area contributed by atoms with Crippen LogP contribution in [0.4, 0.5) is 10.5 Å². The summed E-state index contributed by atoms with van der Waals surface area (Å²) in [7, 11) is -3.15. The maximum atomic E-state index is 12.2. The number of nitrogens with one attached hydrogen (secondary N) is 1. The van der Waals surface area contributed by atoms with Crippen molar-refractivity contribution in [2.24, 2.45) is 0 Å². The topological polar surface area (TPSA) is 90.0 Å². The van der Waals surface area contributed by atoms with E-state index >= 15 is 0 Å². The van der Waals surface area contributed by atoms with Crippen molar-refractivity contribution in [2.45, 2.75) is 12.1 Å². The van der Waals surface area contributed by atoms with Gasteiger partial charge in [-0.05, 0) is 12.1 Å². The zero-order chi connectivity index (χ0) is 16.4. The van der Waals surface area contributed by atoms with E-state index in [1.807, 2.05) is 35.2 Å². The van der Waals surface area contributed by atoms with E-state index in [1.165, 1.54) is 0 Å². The highest BCUT2D eigenvalue weighted by Gasteiger charge is 2.41. The molecule has 0 aliphatic carbocycles. The average molecular weight is 339 g/mol. The smallest absolute Gasteiger partial charge is 0.321 e. The van der Waals surface area contributed by atoms with Gasteiger partial charge in [0, 0.05) is 31.9 Å². The molecule has 2 atom stereocenters. The van der Waals surface area contributed by atoms with Gasteiger partial charge in [0.1, 0.15) is 0 Å². The van der Waals surface area contributed by atoms with Crippen molar-refractivity contribution < 1.29 is 18.3 Å². The quantitative estimate of drug-likeness (QED) is 0.791. The van der Waals surface area contributed by atoms with Crippen LogP contribution in [0.2, 0.25) is 0 Å². The fourth-order valence-electron chi connectivity index (χ4n) is 3.14. The number of para-hydroxylation sites is 1. The monoisotopic (exact) mass is 339 g/mol. The molecule has 0 radical (unpaired) electrons. The molecule has 1 aromatic rings. The predicted molar refractivity (Wildman–Crippen MR) is 87.1 cm³/mol. The zero-order valence-corrected chi connectivity index (χ0v) is 13.6. The minimum absolute atomic E-state index is 0.00434. The lowest BCUT2D eigenvalue weighted by Gasteiger charge is -2.38. The molecule has 126 valence electrons. The minimum atomic E-state index is -3.15. The Morgan fingerprint density at radius 3 is 2.30 bits per heavy atom. The fourth-order valence-corrected chi connectivity index (χ4v) is 4.97. The molecule has 0 unspecified atom stereocenters. The van der Waals surface area contributed by atoms with Gasteiger partial charge < -0.3 is 15.3 Å². The minimum Gasteiger partial charge on any atom is -0.390 e. The molecule has 8 heteroatoms. The summed E-state index contributed by atoms with van der Waals surface area (Å²) < 4.78 is 23.2. The van der Waals surface area contributed by atoms with Gasteiger partial charge >= 0.3 is 6.03 Å². The van der Waals surface area contributed by atoms with E-state index in [0.717, 1.165) is 5.69 Å². The number of benzene rings is 1. The first-order valence-electron chi connectivity index (χ1n) is 7.68. The molecule has 23 heavy (non-hydrogen) atoms. The highest BCUT2D eigenvalue weighted by Crippen LogP contribution is 2.20. The van der Waals surface area contributed by atoms with Crippen molar-refractivity contribution in [1.82, 2.24) is 9.80 Å². The number of nitrogens with zero attached hydrogens (tertiary/aromatic N) is 2. The summed E-state index contributed by atoms with van der Waals surface area (Å²) in [5.74, 6) is -0.156. The van der Waals surface area contributed by atoms with Crippen LogP contribution >= 0.6 is 0 Å². The molecule has 2 heterocycles. The van der Waals surface area contributed by atoms with E-state index < -0.39 is 15.9 Å². The molecule has 2 fully saturated rings. The average Bonchev–Trinajstić information content (AvgIpc) is 2.81. The summed E-state index contributed by atoms with van der Waals surface area (Å²) in [5, 5.41) is 12.8. The first kappa shape index (κ1) is 16.2. The zero-order valence-electron chi connectivity index (χ0n) is 12.8. The van der Waals surface area contributed by atoms with Gasteiger partial charge in [0.2, 0.25) is 0 Å². The molecule has 2 saturated heterocycles. The number of amides is 2. The van der Waals surface area contributed by atoms with E-state index in [-0.39, 0.29) is 23.6 Å². The predicted octanol–water partition coefficient (Wildman–Crippen LogP) is -0.00600. The maximum absolute atomic E-state index is 12.2. The van der Waals surface area contributed by atoms with Crippen molar-refractivity contribution in [3.63, 3.8) is 0 Å². The third-order valence-corrected chi connectivity index (χ3v) is 6.09. The number of hydrogen-bond acceptors (Lipinski definition) is 5. The van der Waals surface area contributed by atoms with Gasteiger partial charge in [-0.25, -0.2) is 13.2 Å². The van der Waals surface area contributed by atoms with Crippen LogP contribution in [0.25, 0.3) is 0 Å². The Balaban J connectivity index is 1.53. The Hall–Kier alpha value is -1.64. The summed E-state index contributed by atoms with van der Waals surface area (Å²) in [6.45, 7) is 2.17. The Kier molecular flexibility index (Phi) is 4.56. The van der Waals surface area contributed by atoms with Crippen LogP contribution in [-0.2, 0) is 9.84 Å². The third-order valence-electron chi connectivity index (χ3n) is 4.39. The number of aliphatic hydroxyl groups excluding tert-OH is 1. The number of carbonyl (C=O) groups is 1. The van der Waals surface area contributed by atoms with Gasteiger partial charge in [0.05, 0.1) is 23.7 Å². The van der Waals surface area contributed by atoms with Gasteiger partial charge in [-0.15, -0.1) is 0 Å². The van der Waals surface area contributed by atoms with E-state index in [0.29, 0.717) is 26.2 Å². The number of carbonyl (C=O) groups excluding carboxylic acids is 1. The third kappa shape index (κ3) is 3.82. The second-order valence-corrected chi connectivity index (χ2v) is 8.18. The molecular weight excluding hydrogens is 318 g/mol. The highest BCUT2D eigenvalue weighted by molar-refractivity contribution is 7.91. The van der Waals surface area contributed by atoms with Crippen molar-refractivity contribution in [2.75, 3.05) is 43.0 Å². The standard InChI is InChI=1S/C15H21N3O4S/c19-14-11-23(21,22)10-13(14)17-6-8-18(9-7-17)15(20)16-12-4-2-1-3-5-12/h1-5,13-14,19H,6-11H2,(H,16,20)/t13-,14+/m1/s1. The Bertz CT molecular complexity index is 657. The summed E-state index contributed by atoms with van der Waals surface area (Å²) >= 11 is 0. The SMILES string of the molecule is O=C(Nc1ccccc1)N1CCN([C@@H]2CS(=O)(=O)C[C@@H]2O)CC1. The molecule has 0 saturated carbocycles. The van der Waals surface area contributed by atoms with Crippen LogP contribution < -0.4 is 5.32 Å². The van der Waals surface area contributed by atoms with Crippen molar-refractivity contribution in [1.29, 1.82) is 0 Å². The number of piperazine rings is 1. The summed E-state index contributed by atoms with van der Waals surface area (Å²) in [6, 6.07) is 8.75. The molecular formula is C15H21N3O4S. The van der Waals surface area contributed by atoms with Crippen LogP contribution in [0.1, 0.15) is 0 Å². The van der Waals surface area contributed by atoms with Crippen molar-refractivity contribution in [3.05, 3.63) is 30.3 Å².